The number of carbonyl (C=O) groups is 1. The van der Waals surface area contributed by atoms with Crippen LogP contribution in [0.5, 0.6) is 0 Å². The van der Waals surface area contributed by atoms with Crippen molar-refractivity contribution in [3.63, 3.8) is 0 Å². The Morgan fingerprint density at radius 1 is 1.21 bits per heavy atom. The van der Waals surface area contributed by atoms with Crippen LogP contribution in [0.15, 0.2) is 30.9 Å². The minimum atomic E-state index is -1.11. The van der Waals surface area contributed by atoms with E-state index >= 15 is 0 Å². The van der Waals surface area contributed by atoms with Crippen LogP contribution in [0.3, 0.4) is 0 Å². The highest BCUT2D eigenvalue weighted by Crippen LogP contribution is 2.44. The minimum absolute atomic E-state index is 0.0293. The Kier molecular flexibility index (Phi) is 6.16. The van der Waals surface area contributed by atoms with Gasteiger partial charge in [0.1, 0.15) is 5.52 Å². The third-order valence-corrected chi connectivity index (χ3v) is 8.11. The zero-order valence-electron chi connectivity index (χ0n) is 22.1. The van der Waals surface area contributed by atoms with Crippen LogP contribution in [0.4, 0.5) is 11.8 Å². The summed E-state index contributed by atoms with van der Waals surface area (Å²) in [6, 6.07) is 5.20. The van der Waals surface area contributed by atoms with Crippen molar-refractivity contribution in [2.75, 3.05) is 44.9 Å². The monoisotopic (exact) mass is 535 g/mol. The molecule has 1 aromatic carbocycles. The van der Waals surface area contributed by atoms with Gasteiger partial charge in [-0.2, -0.15) is 9.97 Å². The first kappa shape index (κ1) is 25.5. The Bertz CT molecular complexity index is 1540. The van der Waals surface area contributed by atoms with Crippen molar-refractivity contribution >= 4 is 39.9 Å². The first-order valence-electron chi connectivity index (χ1n) is 13.0. The fourth-order valence-corrected chi connectivity index (χ4v) is 6.01. The molecule has 2 atom stereocenters. The number of aromatic nitrogens is 6. The smallest absolute Gasteiger partial charge is 0.253 e. The van der Waals surface area contributed by atoms with Gasteiger partial charge in [0, 0.05) is 38.7 Å². The number of imidazole rings is 2. The number of nitrogen functional groups attached to an aromatic ring is 2. The molecule has 39 heavy (non-hydrogen) atoms. The normalized spacial score (nSPS) is 23.2. The number of carbonyl (C=O) groups excluding carboxylic acids is 1. The Hall–Kier alpha value is -3.81. The number of rotatable bonds is 5. The summed E-state index contributed by atoms with van der Waals surface area (Å²) in [5.41, 5.74) is 13.4. The lowest BCUT2D eigenvalue weighted by Crippen LogP contribution is -2.58. The summed E-state index contributed by atoms with van der Waals surface area (Å²) in [6.45, 7) is 4.43. The van der Waals surface area contributed by atoms with Gasteiger partial charge >= 0.3 is 0 Å². The van der Waals surface area contributed by atoms with Gasteiger partial charge in [0.15, 0.2) is 11.5 Å². The molecule has 0 unspecified atom stereocenters. The summed E-state index contributed by atoms with van der Waals surface area (Å²) in [6.07, 6.45) is 5.03. The molecule has 0 saturated carbocycles. The molecule has 1 amide bonds. The van der Waals surface area contributed by atoms with Crippen LogP contribution in [0.25, 0.3) is 22.2 Å². The maximum atomic E-state index is 13.3. The van der Waals surface area contributed by atoms with Crippen molar-refractivity contribution < 1.29 is 19.4 Å². The van der Waals surface area contributed by atoms with E-state index in [0.717, 1.165) is 11.0 Å². The van der Waals surface area contributed by atoms with Gasteiger partial charge in [0.25, 0.3) is 5.91 Å². The molecule has 2 fully saturated rings. The number of amides is 1. The summed E-state index contributed by atoms with van der Waals surface area (Å²) >= 11 is 0. The molecule has 2 aliphatic rings. The molecule has 4 aromatic rings. The van der Waals surface area contributed by atoms with E-state index in [1.807, 2.05) is 27.7 Å². The highest BCUT2D eigenvalue weighted by atomic mass is 16.5. The highest BCUT2D eigenvalue weighted by Gasteiger charge is 2.50. The number of nitrogens with zero attached hydrogens (tertiary/aromatic N) is 7. The summed E-state index contributed by atoms with van der Waals surface area (Å²) in [5.74, 6) is 0.211. The molecule has 5 N–H and O–H groups in total. The van der Waals surface area contributed by atoms with E-state index in [4.69, 9.17) is 20.9 Å². The zero-order chi connectivity index (χ0) is 27.4. The lowest BCUT2D eigenvalue weighted by atomic mass is 9.75. The van der Waals surface area contributed by atoms with Crippen molar-refractivity contribution in [3.05, 3.63) is 36.4 Å². The first-order chi connectivity index (χ1) is 18.7. The number of methoxy groups -OCH3 is 1. The summed E-state index contributed by atoms with van der Waals surface area (Å²) in [5, 5.41) is 11.6. The van der Waals surface area contributed by atoms with Gasteiger partial charge in [-0.15, -0.1) is 0 Å². The number of nitrogens with two attached hydrogens (primary N) is 2. The zero-order valence-corrected chi connectivity index (χ0v) is 22.1. The molecule has 3 aromatic heterocycles. The number of anilines is 2. The standard InChI is InChI=1S/C26H33N9O4/c1-25(37)13-26(39-12-19(25)35-15-30-20-21(27)31-24(28)32-22(20)35)5-7-33(8-6-26)23(36)16-3-4-18-17(11-16)29-14-34(18)9-10-38-2/h3-4,11,14-15,19,37H,5-10,12-13H2,1-2H3,(H4,27,28,31,32)/t19-,25-/m1/s1. The number of hydrogen-bond acceptors (Lipinski definition) is 10. The molecule has 13 heteroatoms. The molecule has 13 nitrogen and oxygen atoms in total. The van der Waals surface area contributed by atoms with Gasteiger partial charge in [-0.25, -0.2) is 9.97 Å². The van der Waals surface area contributed by atoms with Crippen LogP contribution in [-0.2, 0) is 16.0 Å². The van der Waals surface area contributed by atoms with E-state index in [-0.39, 0.29) is 24.3 Å². The van der Waals surface area contributed by atoms with Crippen molar-refractivity contribution in [2.24, 2.45) is 0 Å². The number of benzene rings is 1. The summed E-state index contributed by atoms with van der Waals surface area (Å²) in [4.78, 5) is 32.3. The summed E-state index contributed by atoms with van der Waals surface area (Å²) in [7, 11) is 1.67. The van der Waals surface area contributed by atoms with Gasteiger partial charge in [-0.1, -0.05) is 0 Å². The predicted octanol–water partition coefficient (Wildman–Crippen LogP) is 1.37. The quantitative estimate of drug-likeness (QED) is 0.339. The second-order valence-corrected chi connectivity index (χ2v) is 10.8. The van der Waals surface area contributed by atoms with Crippen LogP contribution in [0, 0.1) is 0 Å². The lowest BCUT2D eigenvalue weighted by molar-refractivity contribution is -0.194. The highest BCUT2D eigenvalue weighted by molar-refractivity contribution is 5.97. The van der Waals surface area contributed by atoms with E-state index in [0.29, 0.717) is 62.2 Å². The van der Waals surface area contributed by atoms with Gasteiger partial charge < -0.3 is 40.1 Å². The first-order valence-corrected chi connectivity index (χ1v) is 13.0. The lowest BCUT2D eigenvalue weighted by Gasteiger charge is -2.51. The molecule has 0 aliphatic carbocycles. The Labute approximate surface area is 224 Å². The van der Waals surface area contributed by atoms with Gasteiger partial charge in [-0.05, 0) is 38.0 Å². The molecular formula is C26H33N9O4. The molecule has 2 aliphatic heterocycles. The van der Waals surface area contributed by atoms with Gasteiger partial charge in [-0.3, -0.25) is 4.79 Å². The topological polar surface area (TPSA) is 172 Å². The van der Waals surface area contributed by atoms with Crippen molar-refractivity contribution in [1.82, 2.24) is 34.0 Å². The molecule has 0 radical (unpaired) electrons. The van der Waals surface area contributed by atoms with E-state index < -0.39 is 17.2 Å². The van der Waals surface area contributed by atoms with Crippen molar-refractivity contribution in [3.8, 4) is 0 Å². The molecule has 206 valence electrons. The Morgan fingerprint density at radius 2 is 2.00 bits per heavy atom. The van der Waals surface area contributed by atoms with E-state index in [1.165, 1.54) is 0 Å². The number of likely N-dealkylation sites (tertiary alicyclic amines) is 1. The van der Waals surface area contributed by atoms with Gasteiger partial charge in [0.05, 0.1) is 54.1 Å². The van der Waals surface area contributed by atoms with E-state index in [9.17, 15) is 9.90 Å². The second-order valence-electron chi connectivity index (χ2n) is 10.8. The number of aliphatic hydroxyl groups is 1. The maximum absolute atomic E-state index is 13.3. The van der Waals surface area contributed by atoms with Gasteiger partial charge in [0.2, 0.25) is 5.95 Å². The van der Waals surface area contributed by atoms with Crippen molar-refractivity contribution in [1.29, 1.82) is 0 Å². The largest absolute Gasteiger partial charge is 0.388 e. The molecule has 2 saturated heterocycles. The Balaban J connectivity index is 1.14. The number of ether oxygens (including phenoxy) is 2. The third-order valence-electron chi connectivity index (χ3n) is 8.11. The van der Waals surface area contributed by atoms with Crippen LogP contribution in [-0.4, -0.2) is 89.6 Å². The molecule has 0 bridgehead atoms. The third kappa shape index (κ3) is 4.45. The predicted molar refractivity (Wildman–Crippen MR) is 144 cm³/mol. The number of hydrogen-bond donors (Lipinski definition) is 3. The summed E-state index contributed by atoms with van der Waals surface area (Å²) < 4.78 is 15.4. The average molecular weight is 536 g/mol. The molecule has 5 heterocycles. The van der Waals surface area contributed by atoms with Crippen molar-refractivity contribution in [2.45, 2.75) is 50.0 Å². The molecule has 1 spiro atoms. The van der Waals surface area contributed by atoms with E-state index in [2.05, 4.69) is 19.9 Å². The van der Waals surface area contributed by atoms with E-state index in [1.54, 1.807) is 31.3 Å². The van der Waals surface area contributed by atoms with Crippen LogP contribution in [0.2, 0.25) is 0 Å². The second kappa shape index (κ2) is 9.43. The number of piperidine rings is 1. The average Bonchev–Trinajstić information content (AvgIpc) is 3.51. The molecular weight excluding hydrogens is 502 g/mol. The Morgan fingerprint density at radius 3 is 2.74 bits per heavy atom. The molecule has 6 rings (SSSR count). The minimum Gasteiger partial charge on any atom is -0.388 e. The SMILES string of the molecule is COCCn1cnc2cc(C(=O)N3CCC4(CC3)C[C@@](C)(O)[C@H](n3cnc5c(N)nc(N)nc53)CO4)ccc21. The maximum Gasteiger partial charge on any atom is 0.253 e. The fourth-order valence-electron chi connectivity index (χ4n) is 6.01. The van der Waals surface area contributed by atoms with Crippen LogP contribution < -0.4 is 11.5 Å². The number of fused-ring (bicyclic) bond motifs is 2. The van der Waals surface area contributed by atoms with Crippen LogP contribution in [0.1, 0.15) is 42.6 Å². The van der Waals surface area contributed by atoms with Crippen LogP contribution >= 0.6 is 0 Å². The fraction of sp³-hybridized carbons (Fsp3) is 0.500.